The number of pyridine rings is 1. The zero-order valence-corrected chi connectivity index (χ0v) is 16.9. The molecule has 1 amide bonds. The Bertz CT molecular complexity index is 1070. The van der Waals surface area contributed by atoms with Crippen molar-refractivity contribution in [2.45, 2.75) is 12.8 Å². The van der Waals surface area contributed by atoms with Crippen molar-refractivity contribution in [3.05, 3.63) is 87.5 Å². The van der Waals surface area contributed by atoms with E-state index in [-0.39, 0.29) is 5.91 Å². The van der Waals surface area contributed by atoms with Crippen molar-refractivity contribution >= 4 is 50.3 Å². The Hall–Kier alpha value is -2.47. The third kappa shape index (κ3) is 3.95. The molecular weight excluding hydrogens is 447 g/mol. The molecular formula is C23H19IN2O. The maximum atomic E-state index is 12.3. The second-order valence-corrected chi connectivity index (χ2v) is 7.74. The minimum absolute atomic E-state index is 0.0158. The Kier molecular flexibility index (Phi) is 5.34. The summed E-state index contributed by atoms with van der Waals surface area (Å²) in [6, 6.07) is 24.2. The van der Waals surface area contributed by atoms with Gasteiger partial charge in [0.1, 0.15) is 0 Å². The molecule has 3 nitrogen and oxygen atoms in total. The van der Waals surface area contributed by atoms with Crippen LogP contribution in [0.1, 0.15) is 22.3 Å². The number of para-hydroxylation sites is 2. The number of hydrogen-bond donors (Lipinski definition) is 1. The molecule has 134 valence electrons. The number of amides is 1. The minimum Gasteiger partial charge on any atom is -0.352 e. The van der Waals surface area contributed by atoms with Crippen LogP contribution in [0.2, 0.25) is 0 Å². The predicted molar refractivity (Wildman–Crippen MR) is 119 cm³/mol. The lowest BCUT2D eigenvalue weighted by Crippen LogP contribution is -2.24. The Balaban J connectivity index is 1.51. The molecule has 0 aliphatic heterocycles. The van der Waals surface area contributed by atoms with Crippen LogP contribution in [-0.2, 0) is 6.42 Å². The van der Waals surface area contributed by atoms with Crippen LogP contribution >= 0.6 is 22.6 Å². The van der Waals surface area contributed by atoms with Crippen LogP contribution in [0, 0.1) is 3.57 Å². The van der Waals surface area contributed by atoms with Gasteiger partial charge in [-0.05, 0) is 71.3 Å². The van der Waals surface area contributed by atoms with Crippen molar-refractivity contribution < 1.29 is 4.79 Å². The first-order chi connectivity index (χ1) is 13.2. The first kappa shape index (κ1) is 17.9. The summed E-state index contributed by atoms with van der Waals surface area (Å²) < 4.78 is 1.06. The van der Waals surface area contributed by atoms with E-state index in [1.165, 1.54) is 16.3 Å². The predicted octanol–water partition coefficient (Wildman–Crippen LogP) is 5.36. The van der Waals surface area contributed by atoms with Gasteiger partial charge in [0, 0.05) is 26.5 Å². The molecule has 27 heavy (non-hydrogen) atoms. The number of carbonyl (C=O) groups is 1. The van der Waals surface area contributed by atoms with Crippen molar-refractivity contribution in [1.82, 2.24) is 10.3 Å². The van der Waals surface area contributed by atoms with E-state index in [2.05, 4.69) is 64.3 Å². The van der Waals surface area contributed by atoms with E-state index < -0.39 is 0 Å². The van der Waals surface area contributed by atoms with Crippen LogP contribution in [0.25, 0.3) is 21.8 Å². The van der Waals surface area contributed by atoms with Gasteiger partial charge in [0.2, 0.25) is 0 Å². The number of halogens is 1. The fraction of sp³-hybridized carbons (Fsp3) is 0.130. The molecule has 4 heteroatoms. The van der Waals surface area contributed by atoms with Crippen LogP contribution in [-0.4, -0.2) is 17.4 Å². The number of carbonyl (C=O) groups excluding carboxylic acids is 1. The highest BCUT2D eigenvalue weighted by molar-refractivity contribution is 14.1. The monoisotopic (exact) mass is 466 g/mol. The lowest BCUT2D eigenvalue weighted by Gasteiger charge is -2.11. The van der Waals surface area contributed by atoms with Gasteiger partial charge in [-0.1, -0.05) is 42.5 Å². The summed E-state index contributed by atoms with van der Waals surface area (Å²) >= 11 is 2.22. The average molecular weight is 466 g/mol. The quantitative estimate of drug-likeness (QED) is 0.245. The largest absolute Gasteiger partial charge is 0.352 e. The Morgan fingerprint density at radius 3 is 2.22 bits per heavy atom. The molecule has 0 aliphatic rings. The molecule has 0 bridgehead atoms. The van der Waals surface area contributed by atoms with Gasteiger partial charge in [-0.2, -0.15) is 0 Å². The molecule has 0 saturated carbocycles. The molecule has 0 fully saturated rings. The van der Waals surface area contributed by atoms with E-state index in [0.717, 1.165) is 27.4 Å². The van der Waals surface area contributed by atoms with Gasteiger partial charge in [-0.3, -0.25) is 4.79 Å². The molecule has 0 spiro atoms. The molecule has 0 saturated heterocycles. The molecule has 1 N–H and O–H groups in total. The molecule has 0 unspecified atom stereocenters. The molecule has 4 aromatic rings. The first-order valence-electron chi connectivity index (χ1n) is 9.02. The number of aromatic nitrogens is 1. The van der Waals surface area contributed by atoms with E-state index in [4.69, 9.17) is 4.98 Å². The van der Waals surface area contributed by atoms with Crippen LogP contribution in [0.4, 0.5) is 0 Å². The number of benzene rings is 3. The Morgan fingerprint density at radius 1 is 0.889 bits per heavy atom. The molecule has 0 aliphatic carbocycles. The number of rotatable bonds is 5. The maximum Gasteiger partial charge on any atom is 0.251 e. The van der Waals surface area contributed by atoms with Gasteiger partial charge in [0.15, 0.2) is 0 Å². The molecule has 3 aromatic carbocycles. The average Bonchev–Trinajstić information content (AvgIpc) is 2.70. The van der Waals surface area contributed by atoms with Crippen molar-refractivity contribution in [3.63, 3.8) is 0 Å². The van der Waals surface area contributed by atoms with Gasteiger partial charge >= 0.3 is 0 Å². The third-order valence-corrected chi connectivity index (χ3v) is 5.35. The van der Waals surface area contributed by atoms with Gasteiger partial charge in [0.25, 0.3) is 5.91 Å². The molecule has 4 rings (SSSR count). The van der Waals surface area contributed by atoms with E-state index >= 15 is 0 Å². The molecule has 0 radical (unpaired) electrons. The lowest BCUT2D eigenvalue weighted by molar-refractivity contribution is 0.0953. The normalized spacial score (nSPS) is 11.0. The van der Waals surface area contributed by atoms with Gasteiger partial charge < -0.3 is 5.32 Å². The standard InChI is InChI=1S/C23H19IN2O/c24-17-8-5-7-16(15-17)23(27)25-14-6-11-18-19-9-1-3-12-21(19)26-22-13-4-2-10-20(18)22/h1-5,7-10,12-13,15H,6,11,14H2,(H,25,27). The summed E-state index contributed by atoms with van der Waals surface area (Å²) in [6.07, 6.45) is 1.78. The fourth-order valence-corrected chi connectivity index (χ4v) is 3.94. The topological polar surface area (TPSA) is 42.0 Å². The maximum absolute atomic E-state index is 12.3. The van der Waals surface area contributed by atoms with Crippen LogP contribution < -0.4 is 5.32 Å². The fourth-order valence-electron chi connectivity index (χ4n) is 3.40. The highest BCUT2D eigenvalue weighted by atomic mass is 127. The second-order valence-electron chi connectivity index (χ2n) is 6.49. The van der Waals surface area contributed by atoms with Gasteiger partial charge in [-0.25, -0.2) is 4.98 Å². The molecule has 1 aromatic heterocycles. The zero-order valence-electron chi connectivity index (χ0n) is 14.8. The van der Waals surface area contributed by atoms with Crippen molar-refractivity contribution in [3.8, 4) is 0 Å². The third-order valence-electron chi connectivity index (χ3n) is 4.68. The van der Waals surface area contributed by atoms with Gasteiger partial charge in [-0.15, -0.1) is 0 Å². The molecule has 0 atom stereocenters. The number of nitrogens with zero attached hydrogens (tertiary/aromatic N) is 1. The van der Waals surface area contributed by atoms with Crippen LogP contribution in [0.15, 0.2) is 72.8 Å². The van der Waals surface area contributed by atoms with E-state index in [1.54, 1.807) is 0 Å². The first-order valence-corrected chi connectivity index (χ1v) is 10.1. The van der Waals surface area contributed by atoms with Crippen molar-refractivity contribution in [2.24, 2.45) is 0 Å². The van der Waals surface area contributed by atoms with Crippen LogP contribution in [0.3, 0.4) is 0 Å². The number of nitrogens with one attached hydrogen (secondary N) is 1. The lowest BCUT2D eigenvalue weighted by atomic mass is 9.99. The van der Waals surface area contributed by atoms with Crippen molar-refractivity contribution in [2.75, 3.05) is 6.54 Å². The van der Waals surface area contributed by atoms with Crippen molar-refractivity contribution in [1.29, 1.82) is 0 Å². The number of fused-ring (bicyclic) bond motifs is 2. The number of aryl methyl sites for hydroxylation is 1. The highest BCUT2D eigenvalue weighted by Gasteiger charge is 2.09. The van der Waals surface area contributed by atoms with E-state index in [9.17, 15) is 4.79 Å². The smallest absolute Gasteiger partial charge is 0.251 e. The SMILES string of the molecule is O=C(NCCCc1c2ccccc2nc2ccccc12)c1cccc(I)c1. The zero-order chi connectivity index (χ0) is 18.6. The summed E-state index contributed by atoms with van der Waals surface area (Å²) in [6.45, 7) is 0.648. The Morgan fingerprint density at radius 2 is 1.56 bits per heavy atom. The summed E-state index contributed by atoms with van der Waals surface area (Å²) in [5.74, 6) is -0.0158. The summed E-state index contributed by atoms with van der Waals surface area (Å²) in [5.41, 5.74) is 4.06. The molecule has 1 heterocycles. The summed E-state index contributed by atoms with van der Waals surface area (Å²) in [4.78, 5) is 17.1. The number of hydrogen-bond acceptors (Lipinski definition) is 2. The highest BCUT2D eigenvalue weighted by Crippen LogP contribution is 2.26. The second kappa shape index (κ2) is 8.05. The van der Waals surface area contributed by atoms with E-state index in [1.807, 2.05) is 36.4 Å². The minimum atomic E-state index is -0.0158. The Labute approximate surface area is 172 Å². The van der Waals surface area contributed by atoms with Gasteiger partial charge in [0.05, 0.1) is 11.0 Å². The van der Waals surface area contributed by atoms with E-state index in [0.29, 0.717) is 12.1 Å². The van der Waals surface area contributed by atoms with Crippen LogP contribution in [0.5, 0.6) is 0 Å². The summed E-state index contributed by atoms with van der Waals surface area (Å²) in [7, 11) is 0. The summed E-state index contributed by atoms with van der Waals surface area (Å²) in [5, 5.41) is 5.42.